The molecule has 0 spiro atoms. The number of aliphatic hydroxyl groups excluding tert-OH is 1. The molecule has 0 amide bonds. The van der Waals surface area contributed by atoms with E-state index in [4.69, 9.17) is 21.1 Å². The van der Waals surface area contributed by atoms with Crippen LogP contribution in [0.1, 0.15) is 12.5 Å². The molecule has 15 heavy (non-hydrogen) atoms. The Balaban J connectivity index is 3.09. The molecule has 1 unspecified atom stereocenters. The van der Waals surface area contributed by atoms with Gasteiger partial charge in [0, 0.05) is 12.5 Å². The summed E-state index contributed by atoms with van der Waals surface area (Å²) in [5.41, 5.74) is 0.873. The van der Waals surface area contributed by atoms with Crippen LogP contribution < -0.4 is 9.47 Å². The Kier molecular flexibility index (Phi) is 4.24. The van der Waals surface area contributed by atoms with E-state index in [0.29, 0.717) is 22.9 Å². The van der Waals surface area contributed by atoms with Crippen LogP contribution >= 0.6 is 11.6 Å². The molecule has 1 rings (SSSR count). The molecule has 1 atom stereocenters. The van der Waals surface area contributed by atoms with Gasteiger partial charge in [0.1, 0.15) is 11.5 Å². The lowest BCUT2D eigenvalue weighted by Gasteiger charge is -2.13. The SMILES string of the molecule is COc1cc(OC)c(CC(C)O)cc1Cl. The molecule has 1 N–H and O–H groups in total. The summed E-state index contributed by atoms with van der Waals surface area (Å²) in [5.74, 6) is 1.25. The number of hydrogen-bond acceptors (Lipinski definition) is 3. The molecule has 0 saturated heterocycles. The maximum Gasteiger partial charge on any atom is 0.141 e. The van der Waals surface area contributed by atoms with Crippen molar-refractivity contribution in [1.82, 2.24) is 0 Å². The fourth-order valence-electron chi connectivity index (χ4n) is 1.40. The molecule has 0 aliphatic carbocycles. The number of ether oxygens (including phenoxy) is 2. The second kappa shape index (κ2) is 5.24. The Morgan fingerprint density at radius 1 is 1.27 bits per heavy atom. The highest BCUT2D eigenvalue weighted by molar-refractivity contribution is 6.32. The zero-order valence-electron chi connectivity index (χ0n) is 9.08. The summed E-state index contributed by atoms with van der Waals surface area (Å²) in [4.78, 5) is 0. The van der Waals surface area contributed by atoms with Gasteiger partial charge in [-0.2, -0.15) is 0 Å². The minimum absolute atomic E-state index is 0.427. The number of halogens is 1. The third kappa shape index (κ3) is 3.01. The zero-order valence-corrected chi connectivity index (χ0v) is 9.84. The van der Waals surface area contributed by atoms with Crippen LogP contribution in [0, 0.1) is 0 Å². The van der Waals surface area contributed by atoms with Gasteiger partial charge in [0.05, 0.1) is 25.3 Å². The van der Waals surface area contributed by atoms with E-state index in [1.54, 1.807) is 33.3 Å². The van der Waals surface area contributed by atoms with Crippen LogP contribution in [0.3, 0.4) is 0 Å². The van der Waals surface area contributed by atoms with Gasteiger partial charge in [0.2, 0.25) is 0 Å². The summed E-state index contributed by atoms with van der Waals surface area (Å²) >= 11 is 5.98. The van der Waals surface area contributed by atoms with Crippen LogP contribution in [0.15, 0.2) is 12.1 Å². The first-order valence-corrected chi connectivity index (χ1v) is 5.04. The highest BCUT2D eigenvalue weighted by Gasteiger charge is 2.11. The van der Waals surface area contributed by atoms with Crippen molar-refractivity contribution >= 4 is 11.6 Å². The lowest BCUT2D eigenvalue weighted by atomic mass is 10.1. The molecule has 0 saturated carbocycles. The maximum absolute atomic E-state index is 9.31. The van der Waals surface area contributed by atoms with Gasteiger partial charge in [-0.1, -0.05) is 11.6 Å². The summed E-state index contributed by atoms with van der Waals surface area (Å²) in [6, 6.07) is 3.48. The molecule has 0 heterocycles. The van der Waals surface area contributed by atoms with Crippen molar-refractivity contribution in [3.05, 3.63) is 22.7 Å². The molecule has 0 aromatic heterocycles. The van der Waals surface area contributed by atoms with Gasteiger partial charge in [0.25, 0.3) is 0 Å². The van der Waals surface area contributed by atoms with Gasteiger partial charge >= 0.3 is 0 Å². The molecule has 1 aromatic carbocycles. The van der Waals surface area contributed by atoms with Crippen LogP contribution in [0.5, 0.6) is 11.5 Å². The molecule has 84 valence electrons. The van der Waals surface area contributed by atoms with Crippen LogP contribution in [0.2, 0.25) is 5.02 Å². The lowest BCUT2D eigenvalue weighted by Crippen LogP contribution is -2.06. The number of methoxy groups -OCH3 is 2. The number of aliphatic hydroxyl groups is 1. The minimum atomic E-state index is -0.427. The van der Waals surface area contributed by atoms with Crippen molar-refractivity contribution in [2.45, 2.75) is 19.4 Å². The smallest absolute Gasteiger partial charge is 0.141 e. The van der Waals surface area contributed by atoms with E-state index in [1.165, 1.54) is 0 Å². The monoisotopic (exact) mass is 230 g/mol. The summed E-state index contributed by atoms with van der Waals surface area (Å²) in [6.45, 7) is 1.72. The number of benzene rings is 1. The Morgan fingerprint density at radius 3 is 2.33 bits per heavy atom. The summed E-state index contributed by atoms with van der Waals surface area (Å²) < 4.78 is 10.3. The molecule has 0 aliphatic rings. The van der Waals surface area contributed by atoms with E-state index in [-0.39, 0.29) is 0 Å². The third-order valence-electron chi connectivity index (χ3n) is 2.07. The first kappa shape index (κ1) is 12.1. The summed E-state index contributed by atoms with van der Waals surface area (Å²) in [5, 5.41) is 9.84. The highest BCUT2D eigenvalue weighted by atomic mass is 35.5. The molecule has 0 aliphatic heterocycles. The highest BCUT2D eigenvalue weighted by Crippen LogP contribution is 2.33. The van der Waals surface area contributed by atoms with Crippen molar-refractivity contribution in [3.63, 3.8) is 0 Å². The molecule has 0 bridgehead atoms. The fourth-order valence-corrected chi connectivity index (χ4v) is 1.66. The Bertz CT molecular complexity index is 337. The second-order valence-corrected chi connectivity index (χ2v) is 3.76. The minimum Gasteiger partial charge on any atom is -0.496 e. The van der Waals surface area contributed by atoms with Crippen molar-refractivity contribution in [2.75, 3.05) is 14.2 Å². The largest absolute Gasteiger partial charge is 0.496 e. The fraction of sp³-hybridized carbons (Fsp3) is 0.455. The summed E-state index contributed by atoms with van der Waals surface area (Å²) in [7, 11) is 3.13. The molecule has 0 fully saturated rings. The van der Waals surface area contributed by atoms with Crippen LogP contribution in [-0.4, -0.2) is 25.4 Å². The summed E-state index contributed by atoms with van der Waals surface area (Å²) in [6.07, 6.45) is 0.0794. The van der Waals surface area contributed by atoms with Crippen molar-refractivity contribution < 1.29 is 14.6 Å². The van der Waals surface area contributed by atoms with Gasteiger partial charge in [-0.05, 0) is 18.6 Å². The molecule has 0 radical (unpaired) electrons. The van der Waals surface area contributed by atoms with E-state index < -0.39 is 6.10 Å². The topological polar surface area (TPSA) is 38.7 Å². The van der Waals surface area contributed by atoms with E-state index in [0.717, 1.165) is 5.56 Å². The van der Waals surface area contributed by atoms with E-state index >= 15 is 0 Å². The lowest BCUT2D eigenvalue weighted by molar-refractivity contribution is 0.194. The van der Waals surface area contributed by atoms with Gasteiger partial charge < -0.3 is 14.6 Å². The van der Waals surface area contributed by atoms with Gasteiger partial charge in [-0.3, -0.25) is 0 Å². The van der Waals surface area contributed by atoms with Gasteiger partial charge in [-0.15, -0.1) is 0 Å². The average molecular weight is 231 g/mol. The predicted octanol–water partition coefficient (Wildman–Crippen LogP) is 2.28. The first-order chi connectivity index (χ1) is 7.08. The van der Waals surface area contributed by atoms with E-state index in [2.05, 4.69) is 0 Å². The standard InChI is InChI=1S/C11H15ClO3/c1-7(13)4-8-5-9(12)11(15-3)6-10(8)14-2/h5-7,13H,4H2,1-3H3. The Hall–Kier alpha value is -0.930. The van der Waals surface area contributed by atoms with Gasteiger partial charge in [-0.25, -0.2) is 0 Å². The third-order valence-corrected chi connectivity index (χ3v) is 2.37. The molecule has 1 aromatic rings. The van der Waals surface area contributed by atoms with Crippen molar-refractivity contribution in [3.8, 4) is 11.5 Å². The van der Waals surface area contributed by atoms with E-state index in [9.17, 15) is 5.11 Å². The maximum atomic E-state index is 9.31. The number of rotatable bonds is 4. The van der Waals surface area contributed by atoms with Crippen LogP contribution in [-0.2, 0) is 6.42 Å². The van der Waals surface area contributed by atoms with Crippen LogP contribution in [0.4, 0.5) is 0 Å². The predicted molar refractivity (Wildman–Crippen MR) is 59.9 cm³/mol. The number of hydrogen-bond donors (Lipinski definition) is 1. The first-order valence-electron chi connectivity index (χ1n) is 4.67. The zero-order chi connectivity index (χ0) is 11.4. The quantitative estimate of drug-likeness (QED) is 0.863. The van der Waals surface area contributed by atoms with Crippen LogP contribution in [0.25, 0.3) is 0 Å². The normalized spacial score (nSPS) is 12.3. The molecule has 3 nitrogen and oxygen atoms in total. The second-order valence-electron chi connectivity index (χ2n) is 3.35. The molecule has 4 heteroatoms. The van der Waals surface area contributed by atoms with Crippen molar-refractivity contribution in [1.29, 1.82) is 0 Å². The molecular weight excluding hydrogens is 216 g/mol. The van der Waals surface area contributed by atoms with Crippen molar-refractivity contribution in [2.24, 2.45) is 0 Å². The Labute approximate surface area is 94.6 Å². The van der Waals surface area contributed by atoms with E-state index in [1.807, 2.05) is 0 Å². The Morgan fingerprint density at radius 2 is 1.87 bits per heavy atom. The average Bonchev–Trinajstić information content (AvgIpc) is 2.17. The van der Waals surface area contributed by atoms with Gasteiger partial charge in [0.15, 0.2) is 0 Å². The molecular formula is C11H15ClO3.